The summed E-state index contributed by atoms with van der Waals surface area (Å²) in [6.07, 6.45) is 2.20. The summed E-state index contributed by atoms with van der Waals surface area (Å²) in [6.45, 7) is 7.69. The quantitative estimate of drug-likeness (QED) is 0.377. The number of ether oxygens (including phenoxy) is 2. The first-order valence-corrected chi connectivity index (χ1v) is 12.7. The highest BCUT2D eigenvalue weighted by Gasteiger charge is 2.55. The molecule has 2 aromatic rings. The molecule has 0 aliphatic rings. The van der Waals surface area contributed by atoms with Gasteiger partial charge in [-0.15, -0.1) is 0 Å². The summed E-state index contributed by atoms with van der Waals surface area (Å²) >= 11 is 0. The number of methoxy groups -OCH3 is 2. The van der Waals surface area contributed by atoms with E-state index in [1.165, 1.54) is 0 Å². The summed E-state index contributed by atoms with van der Waals surface area (Å²) in [5.41, 5.74) is 1.53. The van der Waals surface area contributed by atoms with Crippen LogP contribution in [-0.4, -0.2) is 35.3 Å². The standard InChI is InChI=1S/C25H38NO5P/c1-7-24(3,4)25(8-2,32(27,28)29)26-21(17-19-9-13-22(30-5)14-10-19)18-20-11-15-23(31-6)16-12-20/h9-16,21,26H,7-8,17-18H2,1-6H3,(H2,27,28,29). The number of hydrogen-bond donors (Lipinski definition) is 3. The van der Waals surface area contributed by atoms with Gasteiger partial charge in [-0.05, 0) is 66.5 Å². The van der Waals surface area contributed by atoms with Gasteiger partial charge in [-0.2, -0.15) is 0 Å². The minimum Gasteiger partial charge on any atom is -0.497 e. The van der Waals surface area contributed by atoms with Crippen LogP contribution in [0.5, 0.6) is 11.5 Å². The molecule has 2 aromatic carbocycles. The van der Waals surface area contributed by atoms with E-state index in [1.807, 2.05) is 76.2 Å². The zero-order chi connectivity index (χ0) is 24.0. The molecule has 1 unspecified atom stereocenters. The van der Waals surface area contributed by atoms with Crippen LogP contribution in [0, 0.1) is 5.41 Å². The third-order valence-electron chi connectivity index (χ3n) is 6.74. The van der Waals surface area contributed by atoms with Crippen molar-refractivity contribution in [1.29, 1.82) is 0 Å². The van der Waals surface area contributed by atoms with Crippen LogP contribution in [0.2, 0.25) is 0 Å². The van der Waals surface area contributed by atoms with Gasteiger partial charge in [-0.25, -0.2) is 0 Å². The lowest BCUT2D eigenvalue weighted by Crippen LogP contribution is -2.59. The monoisotopic (exact) mass is 463 g/mol. The van der Waals surface area contributed by atoms with E-state index in [1.54, 1.807) is 14.2 Å². The minimum absolute atomic E-state index is 0.185. The third-order valence-corrected chi connectivity index (χ3v) is 8.78. The largest absolute Gasteiger partial charge is 0.497 e. The van der Waals surface area contributed by atoms with Crippen molar-refractivity contribution >= 4 is 7.60 Å². The molecule has 0 saturated carbocycles. The van der Waals surface area contributed by atoms with E-state index in [-0.39, 0.29) is 6.04 Å². The van der Waals surface area contributed by atoms with Crippen LogP contribution in [0.4, 0.5) is 0 Å². The first-order valence-electron chi connectivity index (χ1n) is 11.1. The Morgan fingerprint density at radius 1 is 0.844 bits per heavy atom. The molecule has 0 spiro atoms. The van der Waals surface area contributed by atoms with Crippen molar-refractivity contribution in [3.05, 3.63) is 59.7 Å². The average Bonchev–Trinajstić information content (AvgIpc) is 2.77. The molecule has 0 saturated heterocycles. The number of nitrogens with one attached hydrogen (secondary N) is 1. The van der Waals surface area contributed by atoms with Crippen molar-refractivity contribution in [2.75, 3.05) is 14.2 Å². The summed E-state index contributed by atoms with van der Waals surface area (Å²) in [6, 6.07) is 15.4. The van der Waals surface area contributed by atoms with E-state index >= 15 is 0 Å². The van der Waals surface area contributed by atoms with Gasteiger partial charge < -0.3 is 19.3 Å². The minimum atomic E-state index is -4.48. The first-order chi connectivity index (χ1) is 15.0. The molecule has 0 aromatic heterocycles. The molecule has 0 radical (unpaired) electrons. The fraction of sp³-hybridized carbons (Fsp3) is 0.520. The molecule has 0 aliphatic carbocycles. The molecule has 7 heteroatoms. The Kier molecular flexibility index (Phi) is 8.95. The van der Waals surface area contributed by atoms with E-state index < -0.39 is 18.3 Å². The smallest absolute Gasteiger partial charge is 0.345 e. The molecule has 2 rings (SSSR count). The van der Waals surface area contributed by atoms with Crippen LogP contribution in [0.1, 0.15) is 51.7 Å². The molecule has 178 valence electrons. The van der Waals surface area contributed by atoms with E-state index in [9.17, 15) is 14.4 Å². The van der Waals surface area contributed by atoms with E-state index in [2.05, 4.69) is 5.32 Å². The Bertz CT molecular complexity index is 842. The molecule has 1 atom stereocenters. The molecule has 0 heterocycles. The van der Waals surface area contributed by atoms with Crippen LogP contribution in [-0.2, 0) is 17.4 Å². The fourth-order valence-electron chi connectivity index (χ4n) is 4.36. The molecule has 6 nitrogen and oxygen atoms in total. The van der Waals surface area contributed by atoms with Gasteiger partial charge in [0.2, 0.25) is 0 Å². The van der Waals surface area contributed by atoms with E-state index in [4.69, 9.17) is 9.47 Å². The number of benzene rings is 2. The van der Waals surface area contributed by atoms with Gasteiger partial charge in [0.25, 0.3) is 0 Å². The summed E-state index contributed by atoms with van der Waals surface area (Å²) < 4.78 is 23.4. The highest BCUT2D eigenvalue weighted by molar-refractivity contribution is 7.53. The van der Waals surface area contributed by atoms with Crippen LogP contribution in [0.3, 0.4) is 0 Å². The van der Waals surface area contributed by atoms with Gasteiger partial charge in [0.1, 0.15) is 16.8 Å². The Balaban J connectivity index is 2.44. The van der Waals surface area contributed by atoms with Crippen LogP contribution in [0.25, 0.3) is 0 Å². The molecular formula is C25H38NO5P. The molecule has 0 fully saturated rings. The van der Waals surface area contributed by atoms with Crippen molar-refractivity contribution in [3.63, 3.8) is 0 Å². The predicted octanol–water partition coefficient (Wildman–Crippen LogP) is 5.17. The lowest BCUT2D eigenvalue weighted by molar-refractivity contribution is 0.131. The lowest BCUT2D eigenvalue weighted by atomic mass is 9.78. The Morgan fingerprint density at radius 2 is 1.25 bits per heavy atom. The molecular weight excluding hydrogens is 425 g/mol. The maximum absolute atomic E-state index is 12.9. The van der Waals surface area contributed by atoms with Crippen LogP contribution in [0.15, 0.2) is 48.5 Å². The van der Waals surface area contributed by atoms with Crippen molar-refractivity contribution in [2.24, 2.45) is 5.41 Å². The van der Waals surface area contributed by atoms with Crippen molar-refractivity contribution in [1.82, 2.24) is 5.32 Å². The zero-order valence-corrected chi connectivity index (χ0v) is 21.0. The molecule has 0 bridgehead atoms. The predicted molar refractivity (Wildman–Crippen MR) is 129 cm³/mol. The Hall–Kier alpha value is -1.85. The van der Waals surface area contributed by atoms with Crippen LogP contribution >= 0.6 is 7.60 Å². The normalized spacial score (nSPS) is 14.3. The van der Waals surface area contributed by atoms with Gasteiger partial charge in [-0.3, -0.25) is 9.88 Å². The van der Waals surface area contributed by atoms with E-state index in [0.29, 0.717) is 25.7 Å². The third kappa shape index (κ3) is 5.93. The van der Waals surface area contributed by atoms with Gasteiger partial charge in [0.15, 0.2) is 0 Å². The molecule has 0 aliphatic heterocycles. The second-order valence-corrected chi connectivity index (χ2v) is 10.8. The SMILES string of the molecule is CCC(C)(C)C(CC)(NC(Cc1ccc(OC)cc1)Cc1ccc(OC)cc1)P(=O)(O)O. The highest BCUT2D eigenvalue weighted by atomic mass is 31.2. The highest BCUT2D eigenvalue weighted by Crippen LogP contribution is 2.60. The molecule has 32 heavy (non-hydrogen) atoms. The Morgan fingerprint density at radius 3 is 1.53 bits per heavy atom. The first kappa shape index (κ1) is 26.4. The second kappa shape index (κ2) is 10.8. The lowest BCUT2D eigenvalue weighted by Gasteiger charge is -2.48. The molecule has 0 amide bonds. The molecule has 3 N–H and O–H groups in total. The number of rotatable bonds is 12. The summed E-state index contributed by atoms with van der Waals surface area (Å²) in [4.78, 5) is 21.1. The zero-order valence-electron chi connectivity index (χ0n) is 20.1. The van der Waals surface area contributed by atoms with Crippen molar-refractivity contribution < 1.29 is 23.8 Å². The number of hydrogen-bond acceptors (Lipinski definition) is 4. The van der Waals surface area contributed by atoms with Gasteiger partial charge in [-0.1, -0.05) is 52.0 Å². The Labute approximate surface area is 192 Å². The van der Waals surface area contributed by atoms with Gasteiger partial charge >= 0.3 is 7.60 Å². The second-order valence-electron chi connectivity index (χ2n) is 8.94. The van der Waals surface area contributed by atoms with Gasteiger partial charge in [0.05, 0.1) is 14.2 Å². The maximum atomic E-state index is 12.9. The van der Waals surface area contributed by atoms with Crippen LogP contribution < -0.4 is 14.8 Å². The maximum Gasteiger partial charge on any atom is 0.345 e. The summed E-state index contributed by atoms with van der Waals surface area (Å²) in [5.74, 6) is 1.55. The fourth-order valence-corrected chi connectivity index (χ4v) is 6.07. The van der Waals surface area contributed by atoms with Gasteiger partial charge in [0, 0.05) is 6.04 Å². The van der Waals surface area contributed by atoms with E-state index in [0.717, 1.165) is 22.6 Å². The average molecular weight is 464 g/mol. The topological polar surface area (TPSA) is 88.0 Å². The van der Waals surface area contributed by atoms with Crippen molar-refractivity contribution in [3.8, 4) is 11.5 Å². The summed E-state index contributed by atoms with van der Waals surface area (Å²) in [5, 5.41) is 2.14. The summed E-state index contributed by atoms with van der Waals surface area (Å²) in [7, 11) is -1.22. The van der Waals surface area contributed by atoms with Crippen molar-refractivity contribution in [2.45, 2.75) is 64.7 Å².